The number of fused-ring (bicyclic) bond motifs is 1. The van der Waals surface area contributed by atoms with Gasteiger partial charge >= 0.3 is 6.61 Å². The van der Waals surface area contributed by atoms with E-state index in [1.54, 1.807) is 28.7 Å². The number of benzene rings is 1. The number of halogens is 3. The molecular weight excluding hydrogens is 473 g/mol. The summed E-state index contributed by atoms with van der Waals surface area (Å²) >= 11 is 0. The van der Waals surface area contributed by atoms with E-state index < -0.39 is 18.3 Å². The van der Waals surface area contributed by atoms with Gasteiger partial charge in [0.15, 0.2) is 0 Å². The van der Waals surface area contributed by atoms with Crippen molar-refractivity contribution in [3.05, 3.63) is 54.4 Å². The molecule has 1 saturated carbocycles. The Kier molecular flexibility index (Phi) is 7.19. The second-order valence-corrected chi connectivity index (χ2v) is 9.39. The molecule has 0 bridgehead atoms. The van der Waals surface area contributed by atoms with E-state index in [1.165, 1.54) is 13.2 Å². The average Bonchev–Trinajstić information content (AvgIpc) is 3.42. The van der Waals surface area contributed by atoms with Crippen LogP contribution in [0.15, 0.2) is 43.2 Å². The molecule has 0 aliphatic heterocycles. The van der Waals surface area contributed by atoms with Crippen LogP contribution in [-0.2, 0) is 5.54 Å². The molecule has 2 atom stereocenters. The lowest BCUT2D eigenvalue weighted by Gasteiger charge is -2.26. The van der Waals surface area contributed by atoms with Gasteiger partial charge in [-0.15, -0.1) is 0 Å². The van der Waals surface area contributed by atoms with Gasteiger partial charge in [-0.1, -0.05) is 12.6 Å². The van der Waals surface area contributed by atoms with Crippen molar-refractivity contribution in [1.29, 1.82) is 0 Å². The third-order valence-corrected chi connectivity index (χ3v) is 6.62. The Labute approximate surface area is 208 Å². The Balaban J connectivity index is 1.77. The Morgan fingerprint density at radius 2 is 2.03 bits per heavy atom. The van der Waals surface area contributed by atoms with Crippen LogP contribution in [0.25, 0.3) is 22.3 Å². The first-order valence-electron chi connectivity index (χ1n) is 11.6. The maximum atomic E-state index is 13.7. The fourth-order valence-electron chi connectivity index (χ4n) is 4.36. The number of nitrogens with one attached hydrogen (secondary N) is 1. The summed E-state index contributed by atoms with van der Waals surface area (Å²) in [4.78, 5) is 1.63. The molecule has 36 heavy (non-hydrogen) atoms. The van der Waals surface area contributed by atoms with Crippen molar-refractivity contribution < 1.29 is 27.8 Å². The molecule has 194 valence electrons. The Morgan fingerprint density at radius 1 is 1.33 bits per heavy atom. The lowest BCUT2D eigenvalue weighted by Crippen LogP contribution is -2.38. The molecule has 2 N–H and O–H groups in total. The molecule has 3 aromatic rings. The molecule has 0 saturated heterocycles. The third kappa shape index (κ3) is 5.01. The molecule has 0 spiro atoms. The van der Waals surface area contributed by atoms with Gasteiger partial charge in [-0.25, -0.2) is 8.91 Å². The Morgan fingerprint density at radius 3 is 2.64 bits per heavy atom. The number of nitrogens with zero attached hydrogens (tertiary/aromatic N) is 3. The van der Waals surface area contributed by atoms with Gasteiger partial charge < -0.3 is 24.8 Å². The molecule has 0 amide bonds. The Bertz CT molecular complexity index is 1260. The normalized spacial score (nSPS) is 17.5. The summed E-state index contributed by atoms with van der Waals surface area (Å²) in [6.07, 6.45) is 2.90. The molecule has 1 fully saturated rings. The van der Waals surface area contributed by atoms with Crippen molar-refractivity contribution in [3.8, 4) is 22.6 Å². The fourth-order valence-corrected chi connectivity index (χ4v) is 4.36. The number of aliphatic hydroxyl groups excluding tert-OH is 1. The lowest BCUT2D eigenvalue weighted by atomic mass is 9.95. The largest absolute Gasteiger partial charge is 0.496 e. The van der Waals surface area contributed by atoms with E-state index in [0.717, 1.165) is 11.1 Å². The molecule has 7 nitrogen and oxygen atoms in total. The van der Waals surface area contributed by atoms with Crippen LogP contribution in [0, 0.1) is 0 Å². The maximum Gasteiger partial charge on any atom is 0.387 e. The standard InChI is InChI=1S/C26H31F3N4O3/c1-15(32(4)21-12-19(21)27)24-22(35-5)10-16(11-23(24)36-25(28)29)18-13-31-33-14-17(6-7-20(18)33)26(2,3)30-8-9-34/h6-7,10-11,13-14,19,21,25,30,34H,1,8-9,12H2,2-5H3. The number of hydrogen-bond donors (Lipinski definition) is 2. The van der Waals surface area contributed by atoms with E-state index in [9.17, 15) is 13.2 Å². The number of alkyl halides is 3. The highest BCUT2D eigenvalue weighted by Gasteiger charge is 2.42. The number of ether oxygens (including phenoxy) is 2. The van der Waals surface area contributed by atoms with E-state index in [-0.39, 0.29) is 29.7 Å². The number of aromatic nitrogens is 2. The minimum Gasteiger partial charge on any atom is -0.496 e. The summed E-state index contributed by atoms with van der Waals surface area (Å²) in [6, 6.07) is 6.71. The zero-order chi connectivity index (χ0) is 26.2. The van der Waals surface area contributed by atoms with Gasteiger partial charge in [0, 0.05) is 43.0 Å². The van der Waals surface area contributed by atoms with Gasteiger partial charge in [0.2, 0.25) is 0 Å². The predicted octanol–water partition coefficient (Wildman–Crippen LogP) is 4.44. The highest BCUT2D eigenvalue weighted by molar-refractivity contribution is 5.85. The van der Waals surface area contributed by atoms with Crippen molar-refractivity contribution in [1.82, 2.24) is 19.8 Å². The first-order chi connectivity index (χ1) is 17.1. The topological polar surface area (TPSA) is 71.3 Å². The summed E-state index contributed by atoms with van der Waals surface area (Å²) in [5.74, 6) is 0.166. The van der Waals surface area contributed by atoms with Crippen molar-refractivity contribution in [2.24, 2.45) is 0 Å². The van der Waals surface area contributed by atoms with Gasteiger partial charge in [-0.05, 0) is 43.2 Å². The minimum atomic E-state index is -3.07. The van der Waals surface area contributed by atoms with E-state index in [4.69, 9.17) is 14.6 Å². The summed E-state index contributed by atoms with van der Waals surface area (Å²) in [5, 5.41) is 16.9. The lowest BCUT2D eigenvalue weighted by molar-refractivity contribution is -0.0501. The molecule has 1 aliphatic carbocycles. The summed E-state index contributed by atoms with van der Waals surface area (Å²) in [6.45, 7) is 5.41. The first-order valence-corrected chi connectivity index (χ1v) is 11.6. The quantitative estimate of drug-likeness (QED) is 0.402. The van der Waals surface area contributed by atoms with Gasteiger partial charge in [0.25, 0.3) is 0 Å². The van der Waals surface area contributed by atoms with Crippen molar-refractivity contribution in [2.45, 2.75) is 44.6 Å². The predicted molar refractivity (Wildman–Crippen MR) is 132 cm³/mol. The van der Waals surface area contributed by atoms with Crippen LogP contribution in [0.2, 0.25) is 0 Å². The van der Waals surface area contributed by atoms with Gasteiger partial charge in [0.1, 0.15) is 17.7 Å². The number of methoxy groups -OCH3 is 1. The van der Waals surface area contributed by atoms with Crippen LogP contribution in [0.4, 0.5) is 13.2 Å². The molecule has 2 unspecified atom stereocenters. The maximum absolute atomic E-state index is 13.7. The summed E-state index contributed by atoms with van der Waals surface area (Å²) in [5.41, 5.74) is 3.15. The van der Waals surface area contributed by atoms with Crippen molar-refractivity contribution in [2.75, 3.05) is 27.3 Å². The fraction of sp³-hybridized carbons (Fsp3) is 0.423. The molecular formula is C26H31F3N4O3. The van der Waals surface area contributed by atoms with E-state index in [1.807, 2.05) is 32.2 Å². The zero-order valence-electron chi connectivity index (χ0n) is 20.8. The highest BCUT2D eigenvalue weighted by Crippen LogP contribution is 2.44. The van der Waals surface area contributed by atoms with Crippen LogP contribution in [-0.4, -0.2) is 65.8 Å². The molecule has 4 rings (SSSR count). The highest BCUT2D eigenvalue weighted by atomic mass is 19.3. The van der Waals surface area contributed by atoms with Crippen LogP contribution < -0.4 is 14.8 Å². The SMILES string of the molecule is C=C(c1c(OC)cc(-c2cnn3cc(C(C)(C)NCCO)ccc23)cc1OC(F)F)N(C)C1CC1F. The average molecular weight is 505 g/mol. The van der Waals surface area contributed by atoms with Crippen LogP contribution >= 0.6 is 0 Å². The smallest absolute Gasteiger partial charge is 0.387 e. The number of aliphatic hydroxyl groups is 1. The first kappa shape index (κ1) is 25.8. The number of hydrogen-bond acceptors (Lipinski definition) is 6. The van der Waals surface area contributed by atoms with Crippen molar-refractivity contribution in [3.63, 3.8) is 0 Å². The molecule has 2 aromatic heterocycles. The molecule has 10 heteroatoms. The monoisotopic (exact) mass is 504 g/mol. The number of rotatable bonds is 11. The number of pyridine rings is 1. The van der Waals surface area contributed by atoms with E-state index in [0.29, 0.717) is 29.8 Å². The second kappa shape index (κ2) is 10.0. The van der Waals surface area contributed by atoms with Crippen LogP contribution in [0.1, 0.15) is 31.4 Å². The second-order valence-electron chi connectivity index (χ2n) is 9.39. The van der Waals surface area contributed by atoms with Crippen molar-refractivity contribution >= 4 is 11.2 Å². The summed E-state index contributed by atoms with van der Waals surface area (Å²) in [7, 11) is 3.10. The van der Waals surface area contributed by atoms with Gasteiger partial charge in [-0.3, -0.25) is 0 Å². The molecule has 1 aliphatic rings. The summed E-state index contributed by atoms with van der Waals surface area (Å²) < 4.78 is 52.6. The molecule has 1 aromatic carbocycles. The molecule has 2 heterocycles. The third-order valence-electron chi connectivity index (χ3n) is 6.62. The Hall–Kier alpha value is -3.24. The molecule has 0 radical (unpaired) electrons. The zero-order valence-corrected chi connectivity index (χ0v) is 20.8. The van der Waals surface area contributed by atoms with E-state index >= 15 is 0 Å². The van der Waals surface area contributed by atoms with Crippen LogP contribution in [0.3, 0.4) is 0 Å². The van der Waals surface area contributed by atoms with Gasteiger partial charge in [0.05, 0.1) is 37.0 Å². The minimum absolute atomic E-state index is 0.0235. The van der Waals surface area contributed by atoms with Gasteiger partial charge in [-0.2, -0.15) is 13.9 Å². The van der Waals surface area contributed by atoms with E-state index in [2.05, 4.69) is 17.0 Å². The van der Waals surface area contributed by atoms with Crippen LogP contribution in [0.5, 0.6) is 11.5 Å².